The number of amides is 2. The van der Waals surface area contributed by atoms with Crippen LogP contribution in [0.4, 0.5) is 0 Å². The fraction of sp³-hybridized carbons (Fsp3) is 0.467. The zero-order valence-electron chi connectivity index (χ0n) is 11.4. The quantitative estimate of drug-likeness (QED) is 0.857. The molecule has 0 heterocycles. The molecule has 5 heteroatoms. The van der Waals surface area contributed by atoms with E-state index in [0.29, 0.717) is 11.3 Å². The van der Waals surface area contributed by atoms with Gasteiger partial charge in [0.05, 0.1) is 0 Å². The number of carbonyl (C=O) groups is 2. The van der Waals surface area contributed by atoms with E-state index in [1.807, 2.05) is 0 Å². The summed E-state index contributed by atoms with van der Waals surface area (Å²) < 4.78 is 5.38. The number of ether oxygens (including phenoxy) is 1. The third-order valence-electron chi connectivity index (χ3n) is 3.48. The molecule has 1 saturated carbocycles. The first-order valence-electron chi connectivity index (χ1n) is 6.97. The van der Waals surface area contributed by atoms with Crippen LogP contribution in [0.5, 0.6) is 5.75 Å². The number of nitrogens with two attached hydrogens (primary N) is 1. The predicted molar refractivity (Wildman–Crippen MR) is 75.5 cm³/mol. The molecule has 1 aromatic carbocycles. The summed E-state index contributed by atoms with van der Waals surface area (Å²) in [5, 5.41) is 2.98. The molecule has 20 heavy (non-hydrogen) atoms. The Kier molecular flexibility index (Phi) is 4.98. The summed E-state index contributed by atoms with van der Waals surface area (Å²) in [6, 6.07) is 6.71. The standard InChI is InChI=1S/C15H20N2O3/c16-15(19)11-6-8-13(9-7-11)20-10-14(18)17-12-4-2-1-3-5-12/h6-9,12H,1-5,10H2,(H2,16,19)(H,17,18). The first-order valence-corrected chi connectivity index (χ1v) is 6.97. The van der Waals surface area contributed by atoms with Gasteiger partial charge in [-0.2, -0.15) is 0 Å². The van der Waals surface area contributed by atoms with Gasteiger partial charge in [-0.3, -0.25) is 9.59 Å². The molecule has 2 rings (SSSR count). The third kappa shape index (κ3) is 4.26. The topological polar surface area (TPSA) is 81.4 Å². The summed E-state index contributed by atoms with van der Waals surface area (Å²) in [7, 11) is 0. The van der Waals surface area contributed by atoms with Crippen LogP contribution in [0.15, 0.2) is 24.3 Å². The van der Waals surface area contributed by atoms with Crippen LogP contribution in [0.2, 0.25) is 0 Å². The van der Waals surface area contributed by atoms with Crippen LogP contribution >= 0.6 is 0 Å². The van der Waals surface area contributed by atoms with Crippen LogP contribution in [0.1, 0.15) is 42.5 Å². The molecule has 0 bridgehead atoms. The Labute approximate surface area is 118 Å². The summed E-state index contributed by atoms with van der Waals surface area (Å²) >= 11 is 0. The van der Waals surface area contributed by atoms with Crippen molar-refractivity contribution in [3.63, 3.8) is 0 Å². The molecule has 108 valence electrons. The average molecular weight is 276 g/mol. The van der Waals surface area contributed by atoms with Crippen molar-refractivity contribution in [3.8, 4) is 5.75 Å². The van der Waals surface area contributed by atoms with Gasteiger partial charge in [-0.1, -0.05) is 19.3 Å². The normalized spacial score (nSPS) is 15.6. The third-order valence-corrected chi connectivity index (χ3v) is 3.48. The highest BCUT2D eigenvalue weighted by molar-refractivity contribution is 5.92. The highest BCUT2D eigenvalue weighted by Gasteiger charge is 2.15. The molecule has 3 N–H and O–H groups in total. The fourth-order valence-corrected chi connectivity index (χ4v) is 2.38. The van der Waals surface area contributed by atoms with Crippen molar-refractivity contribution in [3.05, 3.63) is 29.8 Å². The molecule has 2 amide bonds. The van der Waals surface area contributed by atoms with E-state index >= 15 is 0 Å². The Morgan fingerprint density at radius 2 is 1.80 bits per heavy atom. The molecule has 0 radical (unpaired) electrons. The van der Waals surface area contributed by atoms with Gasteiger partial charge < -0.3 is 15.8 Å². The lowest BCUT2D eigenvalue weighted by molar-refractivity contribution is -0.124. The fourth-order valence-electron chi connectivity index (χ4n) is 2.38. The summed E-state index contributed by atoms with van der Waals surface area (Å²) in [6.07, 6.45) is 5.73. The number of hydrogen-bond acceptors (Lipinski definition) is 3. The van der Waals surface area contributed by atoms with Crippen LogP contribution in [-0.4, -0.2) is 24.5 Å². The summed E-state index contributed by atoms with van der Waals surface area (Å²) in [6.45, 7) is -0.00752. The number of nitrogens with one attached hydrogen (secondary N) is 1. The zero-order chi connectivity index (χ0) is 14.4. The Morgan fingerprint density at radius 3 is 2.40 bits per heavy atom. The largest absolute Gasteiger partial charge is 0.484 e. The van der Waals surface area contributed by atoms with Crippen molar-refractivity contribution < 1.29 is 14.3 Å². The summed E-state index contributed by atoms with van der Waals surface area (Å²) in [5.74, 6) is -0.0312. The lowest BCUT2D eigenvalue weighted by Gasteiger charge is -2.22. The van der Waals surface area contributed by atoms with Crippen molar-refractivity contribution >= 4 is 11.8 Å². The maximum atomic E-state index is 11.7. The van der Waals surface area contributed by atoms with E-state index in [4.69, 9.17) is 10.5 Å². The van der Waals surface area contributed by atoms with Gasteiger partial charge in [0.1, 0.15) is 5.75 Å². The van der Waals surface area contributed by atoms with Crippen LogP contribution < -0.4 is 15.8 Å². The van der Waals surface area contributed by atoms with Crippen molar-refractivity contribution in [2.24, 2.45) is 5.73 Å². The van der Waals surface area contributed by atoms with E-state index in [2.05, 4.69) is 5.32 Å². The van der Waals surface area contributed by atoms with Gasteiger partial charge in [-0.15, -0.1) is 0 Å². The lowest BCUT2D eigenvalue weighted by atomic mass is 9.95. The summed E-state index contributed by atoms with van der Waals surface area (Å²) in [5.41, 5.74) is 5.57. The van der Waals surface area contributed by atoms with E-state index in [-0.39, 0.29) is 18.6 Å². The maximum absolute atomic E-state index is 11.7. The molecule has 1 aliphatic carbocycles. The molecule has 0 saturated heterocycles. The molecular weight excluding hydrogens is 256 g/mol. The minimum absolute atomic E-state index is 0.00752. The van der Waals surface area contributed by atoms with Gasteiger partial charge in [0, 0.05) is 11.6 Å². The molecule has 1 fully saturated rings. The molecule has 0 unspecified atom stereocenters. The van der Waals surface area contributed by atoms with E-state index in [1.54, 1.807) is 24.3 Å². The second kappa shape index (κ2) is 6.93. The maximum Gasteiger partial charge on any atom is 0.258 e. The highest BCUT2D eigenvalue weighted by atomic mass is 16.5. The Morgan fingerprint density at radius 1 is 1.15 bits per heavy atom. The molecule has 1 aromatic rings. The van der Waals surface area contributed by atoms with Crippen molar-refractivity contribution in [1.82, 2.24) is 5.32 Å². The van der Waals surface area contributed by atoms with Crippen LogP contribution in [0, 0.1) is 0 Å². The van der Waals surface area contributed by atoms with Gasteiger partial charge in [-0.05, 0) is 37.1 Å². The molecule has 0 aliphatic heterocycles. The number of carbonyl (C=O) groups excluding carboxylic acids is 2. The lowest BCUT2D eigenvalue weighted by Crippen LogP contribution is -2.38. The molecule has 5 nitrogen and oxygen atoms in total. The Balaban J connectivity index is 1.76. The molecular formula is C15H20N2O3. The monoisotopic (exact) mass is 276 g/mol. The second-order valence-corrected chi connectivity index (χ2v) is 5.08. The molecule has 1 aliphatic rings. The summed E-state index contributed by atoms with van der Waals surface area (Å²) in [4.78, 5) is 22.7. The zero-order valence-corrected chi connectivity index (χ0v) is 11.4. The van der Waals surface area contributed by atoms with E-state index in [0.717, 1.165) is 12.8 Å². The molecule has 0 spiro atoms. The number of rotatable bonds is 5. The van der Waals surface area contributed by atoms with Crippen LogP contribution in [0.25, 0.3) is 0 Å². The molecule has 0 atom stereocenters. The SMILES string of the molecule is NC(=O)c1ccc(OCC(=O)NC2CCCCC2)cc1. The average Bonchev–Trinajstić information content (AvgIpc) is 2.46. The van der Waals surface area contributed by atoms with Crippen LogP contribution in [-0.2, 0) is 4.79 Å². The van der Waals surface area contributed by atoms with Gasteiger partial charge in [0.2, 0.25) is 5.91 Å². The van der Waals surface area contributed by atoms with Gasteiger partial charge >= 0.3 is 0 Å². The Bertz CT molecular complexity index is 465. The molecule has 0 aromatic heterocycles. The number of hydrogen-bond donors (Lipinski definition) is 2. The van der Waals surface area contributed by atoms with E-state index in [9.17, 15) is 9.59 Å². The predicted octanol–water partition coefficient (Wildman–Crippen LogP) is 1.61. The minimum atomic E-state index is -0.480. The van der Waals surface area contributed by atoms with Crippen LogP contribution in [0.3, 0.4) is 0 Å². The van der Waals surface area contributed by atoms with E-state index in [1.165, 1.54) is 19.3 Å². The van der Waals surface area contributed by atoms with Crippen molar-refractivity contribution in [2.75, 3.05) is 6.61 Å². The highest BCUT2D eigenvalue weighted by Crippen LogP contribution is 2.17. The van der Waals surface area contributed by atoms with Gasteiger partial charge in [-0.25, -0.2) is 0 Å². The van der Waals surface area contributed by atoms with Gasteiger partial charge in [0.15, 0.2) is 6.61 Å². The van der Waals surface area contributed by atoms with E-state index < -0.39 is 5.91 Å². The van der Waals surface area contributed by atoms with Crippen molar-refractivity contribution in [1.29, 1.82) is 0 Å². The first-order chi connectivity index (χ1) is 9.65. The van der Waals surface area contributed by atoms with Crippen molar-refractivity contribution in [2.45, 2.75) is 38.1 Å². The second-order valence-electron chi connectivity index (χ2n) is 5.08. The Hall–Kier alpha value is -2.04. The minimum Gasteiger partial charge on any atom is -0.484 e. The van der Waals surface area contributed by atoms with Gasteiger partial charge in [0.25, 0.3) is 5.91 Å². The number of primary amides is 1. The first kappa shape index (κ1) is 14.4. The number of benzene rings is 1. The smallest absolute Gasteiger partial charge is 0.258 e.